The Bertz CT molecular complexity index is 765. The molecule has 1 aromatic heterocycles. The van der Waals surface area contributed by atoms with E-state index >= 15 is 0 Å². The number of benzene rings is 1. The Labute approximate surface area is 136 Å². The number of nitrogens with one attached hydrogen (secondary N) is 2. The van der Waals surface area contributed by atoms with E-state index in [2.05, 4.69) is 15.6 Å². The summed E-state index contributed by atoms with van der Waals surface area (Å²) in [6.07, 6.45) is 4.28. The lowest BCUT2D eigenvalue weighted by Gasteiger charge is -2.01. The van der Waals surface area contributed by atoms with Crippen LogP contribution in [0.4, 0.5) is 10.8 Å². The summed E-state index contributed by atoms with van der Waals surface area (Å²) < 4.78 is 0. The number of aromatic nitrogens is 1. The fraction of sp³-hybridized carbons (Fsp3) is 0.0667. The topological polar surface area (TPSA) is 114 Å². The molecule has 4 N–H and O–H groups in total. The van der Waals surface area contributed by atoms with Crippen molar-refractivity contribution in [3.8, 4) is 0 Å². The highest BCUT2D eigenvalue weighted by atomic mass is 32.1. The summed E-state index contributed by atoms with van der Waals surface area (Å²) in [4.78, 5) is 37.8. The highest BCUT2D eigenvalue weighted by molar-refractivity contribution is 7.17. The van der Waals surface area contributed by atoms with Crippen molar-refractivity contribution in [2.75, 3.05) is 10.6 Å². The van der Waals surface area contributed by atoms with Crippen LogP contribution in [0.25, 0.3) is 6.08 Å². The van der Waals surface area contributed by atoms with Crippen LogP contribution in [0, 0.1) is 0 Å². The van der Waals surface area contributed by atoms with Crippen molar-refractivity contribution < 1.29 is 14.4 Å². The van der Waals surface area contributed by atoms with Crippen molar-refractivity contribution in [2.45, 2.75) is 6.92 Å². The van der Waals surface area contributed by atoms with Crippen LogP contribution in [0.15, 0.2) is 36.5 Å². The molecule has 0 saturated carbocycles. The Morgan fingerprint density at radius 2 is 1.87 bits per heavy atom. The Kier molecular flexibility index (Phi) is 5.21. The van der Waals surface area contributed by atoms with Gasteiger partial charge in [0.25, 0.3) is 5.91 Å². The minimum absolute atomic E-state index is 0.147. The zero-order chi connectivity index (χ0) is 16.8. The van der Waals surface area contributed by atoms with E-state index in [1.54, 1.807) is 30.3 Å². The average molecular weight is 330 g/mol. The van der Waals surface area contributed by atoms with E-state index in [1.165, 1.54) is 19.2 Å². The lowest BCUT2D eigenvalue weighted by atomic mass is 10.2. The third kappa shape index (κ3) is 5.04. The van der Waals surface area contributed by atoms with Gasteiger partial charge in [0.15, 0.2) is 5.13 Å². The third-order valence-corrected chi connectivity index (χ3v) is 3.56. The molecule has 23 heavy (non-hydrogen) atoms. The molecule has 0 aliphatic rings. The number of carbonyl (C=O) groups excluding carboxylic acids is 3. The van der Waals surface area contributed by atoms with Crippen molar-refractivity contribution in [1.82, 2.24) is 4.98 Å². The molecule has 0 fully saturated rings. The van der Waals surface area contributed by atoms with Crippen molar-refractivity contribution in [1.29, 1.82) is 0 Å². The predicted octanol–water partition coefficient (Wildman–Crippen LogP) is 1.85. The standard InChI is InChI=1S/C15H14N4O3S/c1-9(20)18-11-5-2-10(3-6-11)4-7-13(21)19-15-17-8-12(23-15)14(16)22/h2-8H,1H3,(H2,16,22)(H,18,20)(H,17,19,21)/b7-4+. The quantitative estimate of drug-likeness (QED) is 0.726. The summed E-state index contributed by atoms with van der Waals surface area (Å²) in [5, 5.41) is 5.50. The van der Waals surface area contributed by atoms with Gasteiger partial charge in [0.2, 0.25) is 11.8 Å². The Hall–Kier alpha value is -3.00. The van der Waals surface area contributed by atoms with Gasteiger partial charge in [-0.1, -0.05) is 23.5 Å². The van der Waals surface area contributed by atoms with Crippen LogP contribution in [0.2, 0.25) is 0 Å². The third-order valence-electron chi connectivity index (χ3n) is 2.64. The van der Waals surface area contributed by atoms with Crippen LogP contribution >= 0.6 is 11.3 Å². The number of rotatable bonds is 5. The highest BCUT2D eigenvalue weighted by Crippen LogP contribution is 2.17. The molecule has 0 radical (unpaired) electrons. The van der Waals surface area contributed by atoms with E-state index in [0.717, 1.165) is 16.9 Å². The molecule has 2 rings (SSSR count). The first-order chi connectivity index (χ1) is 10.9. The normalized spacial score (nSPS) is 10.5. The SMILES string of the molecule is CC(=O)Nc1ccc(/C=C/C(=O)Nc2ncc(C(N)=O)s2)cc1. The lowest BCUT2D eigenvalue weighted by Crippen LogP contribution is -2.08. The van der Waals surface area contributed by atoms with Gasteiger partial charge in [0, 0.05) is 18.7 Å². The zero-order valence-electron chi connectivity index (χ0n) is 12.2. The van der Waals surface area contributed by atoms with Crippen LogP contribution in [0.5, 0.6) is 0 Å². The molecule has 3 amide bonds. The second-order valence-electron chi connectivity index (χ2n) is 4.52. The minimum atomic E-state index is -0.585. The number of carbonyl (C=O) groups is 3. The highest BCUT2D eigenvalue weighted by Gasteiger charge is 2.07. The Morgan fingerprint density at radius 3 is 2.43 bits per heavy atom. The van der Waals surface area contributed by atoms with Gasteiger partial charge >= 0.3 is 0 Å². The van der Waals surface area contributed by atoms with Gasteiger partial charge in [-0.2, -0.15) is 0 Å². The van der Waals surface area contributed by atoms with Crippen LogP contribution < -0.4 is 16.4 Å². The summed E-state index contributed by atoms with van der Waals surface area (Å²) in [5.41, 5.74) is 6.59. The number of hydrogen-bond acceptors (Lipinski definition) is 5. The number of anilines is 2. The van der Waals surface area contributed by atoms with Gasteiger partial charge in [-0.05, 0) is 23.8 Å². The largest absolute Gasteiger partial charge is 0.365 e. The van der Waals surface area contributed by atoms with Gasteiger partial charge in [-0.25, -0.2) is 4.98 Å². The van der Waals surface area contributed by atoms with E-state index in [-0.39, 0.29) is 16.7 Å². The summed E-state index contributed by atoms with van der Waals surface area (Å²) in [5.74, 6) is -1.11. The first-order valence-corrected chi connectivity index (χ1v) is 7.38. The minimum Gasteiger partial charge on any atom is -0.365 e. The van der Waals surface area contributed by atoms with Crippen molar-refractivity contribution in [2.24, 2.45) is 5.73 Å². The first-order valence-electron chi connectivity index (χ1n) is 6.56. The molecular formula is C15H14N4O3S. The number of nitrogens with two attached hydrogens (primary N) is 1. The molecule has 118 valence electrons. The second kappa shape index (κ2) is 7.32. The molecule has 2 aromatic rings. The Morgan fingerprint density at radius 1 is 1.17 bits per heavy atom. The van der Waals surface area contributed by atoms with E-state index in [0.29, 0.717) is 10.8 Å². The van der Waals surface area contributed by atoms with E-state index in [4.69, 9.17) is 5.73 Å². The molecule has 0 atom stereocenters. The van der Waals surface area contributed by atoms with Crippen molar-refractivity contribution in [3.05, 3.63) is 47.0 Å². The van der Waals surface area contributed by atoms with Crippen LogP contribution in [0.3, 0.4) is 0 Å². The summed E-state index contributed by atoms with van der Waals surface area (Å²) in [6.45, 7) is 1.43. The maximum atomic E-state index is 11.8. The zero-order valence-corrected chi connectivity index (χ0v) is 13.0. The van der Waals surface area contributed by atoms with E-state index in [1.807, 2.05) is 0 Å². The summed E-state index contributed by atoms with van der Waals surface area (Å²) in [6, 6.07) is 7.01. The van der Waals surface area contributed by atoms with Gasteiger partial charge in [0.05, 0.1) is 6.20 Å². The molecule has 1 heterocycles. The first kappa shape index (κ1) is 16.4. The van der Waals surface area contributed by atoms with Gasteiger partial charge in [-0.3, -0.25) is 19.7 Å². The van der Waals surface area contributed by atoms with Gasteiger partial charge in [-0.15, -0.1) is 0 Å². The van der Waals surface area contributed by atoms with E-state index in [9.17, 15) is 14.4 Å². The molecule has 0 saturated heterocycles. The van der Waals surface area contributed by atoms with Crippen LogP contribution in [-0.4, -0.2) is 22.7 Å². The average Bonchev–Trinajstić information content (AvgIpc) is 2.95. The molecule has 8 heteroatoms. The molecule has 0 unspecified atom stereocenters. The molecule has 0 bridgehead atoms. The van der Waals surface area contributed by atoms with E-state index < -0.39 is 5.91 Å². The second-order valence-corrected chi connectivity index (χ2v) is 5.55. The predicted molar refractivity (Wildman–Crippen MR) is 89.0 cm³/mol. The fourth-order valence-corrected chi connectivity index (χ4v) is 2.32. The van der Waals surface area contributed by atoms with Crippen LogP contribution in [0.1, 0.15) is 22.2 Å². The van der Waals surface area contributed by atoms with Gasteiger partial charge < -0.3 is 11.1 Å². The molecule has 1 aromatic carbocycles. The fourth-order valence-electron chi connectivity index (χ4n) is 1.65. The smallest absolute Gasteiger partial charge is 0.260 e. The lowest BCUT2D eigenvalue weighted by molar-refractivity contribution is -0.114. The van der Waals surface area contributed by atoms with Crippen molar-refractivity contribution >= 4 is 46.0 Å². The number of hydrogen-bond donors (Lipinski definition) is 3. The number of thiazole rings is 1. The summed E-state index contributed by atoms with van der Waals surface area (Å²) >= 11 is 1.01. The molecule has 0 aliphatic carbocycles. The molecule has 0 aliphatic heterocycles. The number of nitrogens with zero attached hydrogens (tertiary/aromatic N) is 1. The maximum absolute atomic E-state index is 11.8. The molecular weight excluding hydrogens is 316 g/mol. The van der Waals surface area contributed by atoms with Gasteiger partial charge in [0.1, 0.15) is 4.88 Å². The molecule has 0 spiro atoms. The molecule has 7 nitrogen and oxygen atoms in total. The Balaban J connectivity index is 1.94. The van der Waals surface area contributed by atoms with Crippen LogP contribution in [-0.2, 0) is 9.59 Å². The number of amides is 3. The summed E-state index contributed by atoms with van der Waals surface area (Å²) in [7, 11) is 0. The monoisotopic (exact) mass is 330 g/mol. The number of primary amides is 1. The van der Waals surface area contributed by atoms with Crippen molar-refractivity contribution in [3.63, 3.8) is 0 Å². The maximum Gasteiger partial charge on any atom is 0.260 e.